The van der Waals surface area contributed by atoms with Gasteiger partial charge in [0.05, 0.1) is 0 Å². The molecule has 0 N–H and O–H groups in total. The molecule has 24 heavy (non-hydrogen) atoms. The molecule has 3 heteroatoms. The molecule has 0 bridgehead atoms. The van der Waals surface area contributed by atoms with E-state index in [4.69, 9.17) is 0 Å². The van der Waals surface area contributed by atoms with E-state index in [1.54, 1.807) is 24.3 Å². The van der Waals surface area contributed by atoms with Crippen LogP contribution in [0.15, 0.2) is 24.3 Å². The van der Waals surface area contributed by atoms with E-state index in [9.17, 15) is 4.21 Å². The third-order valence-electron chi connectivity index (χ3n) is 2.62. The van der Waals surface area contributed by atoms with Gasteiger partial charge in [0.25, 0.3) is 0 Å². The highest BCUT2D eigenvalue weighted by atomic mass is 32.2. The fraction of sp³-hybridized carbons (Fsp3) is 0.714. The smallest absolute Gasteiger partial charge is 0.0148 e. The molecule has 0 atom stereocenters. The van der Waals surface area contributed by atoms with Crippen molar-refractivity contribution in [1.82, 2.24) is 0 Å². The lowest BCUT2D eigenvalue weighted by molar-refractivity contribution is 0.577. The molecule has 144 valence electrons. The number of thioether (sulfide) groups is 1. The predicted octanol–water partition coefficient (Wildman–Crippen LogP) is 6.67. The topological polar surface area (TPSA) is 17.1 Å². The van der Waals surface area contributed by atoms with E-state index >= 15 is 0 Å². The molecule has 0 aliphatic carbocycles. The summed E-state index contributed by atoms with van der Waals surface area (Å²) in [6, 6.07) is 9.00. The lowest BCUT2D eigenvalue weighted by atomic mass is 9.82. The first-order valence-electron chi connectivity index (χ1n) is 8.54. The summed E-state index contributed by atoms with van der Waals surface area (Å²) in [7, 11) is -0.611. The fourth-order valence-corrected chi connectivity index (χ4v) is 1.47. The van der Waals surface area contributed by atoms with E-state index in [0.717, 1.165) is 0 Å². The Balaban J connectivity index is -0.000000365. The van der Waals surface area contributed by atoms with Crippen LogP contribution >= 0.6 is 11.8 Å². The molecule has 0 heterocycles. The molecule has 1 nitrogen and oxygen atoms in total. The summed E-state index contributed by atoms with van der Waals surface area (Å²) < 4.78 is 9.56. The molecule has 0 radical (unpaired) electrons. The van der Waals surface area contributed by atoms with Crippen LogP contribution in [0.2, 0.25) is 0 Å². The zero-order valence-electron chi connectivity index (χ0n) is 18.2. The number of rotatable bonds is 0. The van der Waals surface area contributed by atoms with Crippen LogP contribution in [0, 0.1) is 0 Å². The number of hydrogen-bond acceptors (Lipinski definition) is 2. The molecule has 1 aromatic carbocycles. The van der Waals surface area contributed by atoms with Gasteiger partial charge in [0.1, 0.15) is 0 Å². The molecule has 0 saturated carbocycles. The zero-order chi connectivity index (χ0) is 20.0. The van der Waals surface area contributed by atoms with Crippen LogP contribution in [0.3, 0.4) is 0 Å². The van der Waals surface area contributed by atoms with Crippen LogP contribution < -0.4 is 0 Å². The summed E-state index contributed by atoms with van der Waals surface area (Å²) >= 11 is 1.75. The Kier molecular flexibility index (Phi) is 17.8. The summed E-state index contributed by atoms with van der Waals surface area (Å²) in [5.41, 5.74) is 3.34. The largest absolute Gasteiger partial charge is 0.260 e. The Morgan fingerprint density at radius 2 is 0.917 bits per heavy atom. The van der Waals surface area contributed by atoms with Crippen LogP contribution in [0.25, 0.3) is 0 Å². The van der Waals surface area contributed by atoms with Crippen molar-refractivity contribution in [3.05, 3.63) is 35.4 Å². The third-order valence-corrected chi connectivity index (χ3v) is 2.62. The minimum Gasteiger partial charge on any atom is -0.260 e. The van der Waals surface area contributed by atoms with Crippen LogP contribution in [0.4, 0.5) is 0 Å². The van der Waals surface area contributed by atoms with Crippen LogP contribution in [-0.4, -0.2) is 29.2 Å². The first-order chi connectivity index (χ1) is 10.8. The van der Waals surface area contributed by atoms with Gasteiger partial charge < -0.3 is 0 Å². The Morgan fingerprint density at radius 3 is 1.00 bits per heavy atom. The molecule has 0 spiro atoms. The van der Waals surface area contributed by atoms with Gasteiger partial charge in [-0.2, -0.15) is 11.8 Å². The summed E-state index contributed by atoms with van der Waals surface area (Å²) in [5.74, 6) is 0. The van der Waals surface area contributed by atoms with Crippen molar-refractivity contribution >= 4 is 22.6 Å². The van der Waals surface area contributed by atoms with E-state index < -0.39 is 10.8 Å². The molecule has 0 saturated heterocycles. The Labute approximate surface area is 159 Å². The molecule has 0 aliphatic rings. The lowest BCUT2D eigenvalue weighted by Gasteiger charge is -2.23. The van der Waals surface area contributed by atoms with Gasteiger partial charge in [0.2, 0.25) is 0 Å². The molecule has 0 fully saturated rings. The lowest BCUT2D eigenvalue weighted by Crippen LogP contribution is -2.14. The highest BCUT2D eigenvalue weighted by molar-refractivity contribution is 7.97. The Hall–Kier alpha value is -0.280. The average molecular weight is 375 g/mol. The van der Waals surface area contributed by atoms with E-state index in [-0.39, 0.29) is 10.8 Å². The molecule has 0 aliphatic heterocycles. The maximum absolute atomic E-state index is 9.56. The van der Waals surface area contributed by atoms with Gasteiger partial charge in [-0.05, 0) is 34.5 Å². The monoisotopic (exact) mass is 374 g/mol. The minimum atomic E-state index is -0.611. The van der Waals surface area contributed by atoms with Crippen molar-refractivity contribution in [2.24, 2.45) is 0 Å². The average Bonchev–Trinajstić information content (AvgIpc) is 2.38. The van der Waals surface area contributed by atoms with Crippen molar-refractivity contribution in [3.8, 4) is 0 Å². The summed E-state index contributed by atoms with van der Waals surface area (Å²) in [6.45, 7) is 17.7. The predicted molar refractivity (Wildman–Crippen MR) is 119 cm³/mol. The minimum absolute atomic E-state index is 0.260. The Bertz CT molecular complexity index is 370. The van der Waals surface area contributed by atoms with Crippen LogP contribution in [0.1, 0.15) is 72.9 Å². The zero-order valence-corrected chi connectivity index (χ0v) is 19.9. The quantitative estimate of drug-likeness (QED) is 0.504. The van der Waals surface area contributed by atoms with Gasteiger partial charge in [-0.3, -0.25) is 4.21 Å². The van der Waals surface area contributed by atoms with Crippen LogP contribution in [-0.2, 0) is 21.6 Å². The van der Waals surface area contributed by atoms with Gasteiger partial charge >= 0.3 is 0 Å². The van der Waals surface area contributed by atoms with Crippen molar-refractivity contribution in [1.29, 1.82) is 0 Å². The van der Waals surface area contributed by atoms with Crippen molar-refractivity contribution in [2.45, 2.75) is 72.6 Å². The third kappa shape index (κ3) is 19.8. The maximum atomic E-state index is 9.56. The molecule has 0 unspecified atom stereocenters. The van der Waals surface area contributed by atoms with Crippen molar-refractivity contribution in [2.75, 3.05) is 25.0 Å². The highest BCUT2D eigenvalue weighted by Gasteiger charge is 2.16. The summed E-state index contributed by atoms with van der Waals surface area (Å²) in [4.78, 5) is 0. The molecular formula is C21H42OS2. The summed E-state index contributed by atoms with van der Waals surface area (Å²) in [5, 5.41) is 0. The molecule has 1 rings (SSSR count). The van der Waals surface area contributed by atoms with E-state index in [0.29, 0.717) is 0 Å². The maximum Gasteiger partial charge on any atom is 0.0148 e. The molecular weight excluding hydrogens is 332 g/mol. The number of benzene rings is 1. The highest BCUT2D eigenvalue weighted by Crippen LogP contribution is 2.26. The second kappa shape index (κ2) is 15.0. The van der Waals surface area contributed by atoms with Gasteiger partial charge in [-0.15, -0.1) is 0 Å². The molecule has 1 aromatic rings. The van der Waals surface area contributed by atoms with Gasteiger partial charge in [-0.1, -0.05) is 86.1 Å². The first kappa shape index (κ1) is 28.5. The second-order valence-corrected chi connectivity index (χ2v) is 10.2. The normalized spacial score (nSPS) is 10.5. The van der Waals surface area contributed by atoms with Gasteiger partial charge in [0, 0.05) is 23.3 Å². The Morgan fingerprint density at radius 1 is 0.792 bits per heavy atom. The van der Waals surface area contributed by atoms with Crippen molar-refractivity contribution < 1.29 is 4.21 Å². The van der Waals surface area contributed by atoms with E-state index in [1.165, 1.54) is 17.5 Å². The first-order valence-corrected chi connectivity index (χ1v) is 12.1. The number of hydrogen-bond donors (Lipinski definition) is 0. The standard InChI is InChI=1S/C14H22.C3H8.C2H6OS.C2H6S/c1-13(2,3)11-7-9-12(10-8-11)14(4,5)6;1-3-2;1-4(2)3;1-3-2/h7-10H,1-6H3;3H2,1-2H3;1-2H3;1-2H3. The van der Waals surface area contributed by atoms with Crippen LogP contribution in [0.5, 0.6) is 0 Å². The summed E-state index contributed by atoms with van der Waals surface area (Å²) in [6.07, 6.45) is 8.61. The van der Waals surface area contributed by atoms with Gasteiger partial charge in [-0.25, -0.2) is 0 Å². The van der Waals surface area contributed by atoms with Crippen molar-refractivity contribution in [3.63, 3.8) is 0 Å². The second-order valence-electron chi connectivity index (χ2n) is 7.93. The molecule has 0 amide bonds. The fourth-order valence-electron chi connectivity index (χ4n) is 1.47. The van der Waals surface area contributed by atoms with Gasteiger partial charge in [0.15, 0.2) is 0 Å². The SMILES string of the molecule is CC(C)(C)c1ccc(C(C)(C)C)cc1.CCC.CS(C)=O.CSC. The molecule has 0 aromatic heterocycles. The van der Waals surface area contributed by atoms with E-state index in [2.05, 4.69) is 79.7 Å². The van der Waals surface area contributed by atoms with E-state index in [1.807, 2.05) is 12.5 Å².